The van der Waals surface area contributed by atoms with Crippen LogP contribution < -0.4 is 0 Å². The number of aromatic nitrogens is 3. The number of rotatable bonds is 4. The number of fused-ring (bicyclic) bond motifs is 1. The molecule has 1 aromatic heterocycles. The molecule has 16 heavy (non-hydrogen) atoms. The molecule has 2 aromatic rings. The Morgan fingerprint density at radius 2 is 2.19 bits per heavy atom. The van der Waals surface area contributed by atoms with Gasteiger partial charge in [-0.05, 0) is 12.1 Å². The predicted molar refractivity (Wildman–Crippen MR) is 55.7 cm³/mol. The lowest BCUT2D eigenvalue weighted by atomic mass is 10.2. The molecule has 1 aromatic carbocycles. The van der Waals surface area contributed by atoms with Crippen molar-refractivity contribution < 1.29 is 15.0 Å². The fourth-order valence-electron chi connectivity index (χ4n) is 1.48. The summed E-state index contributed by atoms with van der Waals surface area (Å²) in [6, 6.07) is 7.19. The molecule has 0 fully saturated rings. The van der Waals surface area contributed by atoms with E-state index in [1.165, 1.54) is 4.68 Å². The Hall–Kier alpha value is -1.95. The molecule has 0 amide bonds. The predicted octanol–water partition coefficient (Wildman–Crippen LogP) is 0.787. The Morgan fingerprint density at radius 3 is 2.94 bits per heavy atom. The van der Waals surface area contributed by atoms with Gasteiger partial charge in [0.05, 0.1) is 5.52 Å². The molecule has 6 nitrogen and oxygen atoms in total. The molecule has 0 bridgehead atoms. The maximum absolute atomic E-state index is 10.4. The van der Waals surface area contributed by atoms with Gasteiger partial charge in [0.25, 0.3) is 0 Å². The van der Waals surface area contributed by atoms with Crippen LogP contribution in [-0.2, 0) is 4.79 Å². The van der Waals surface area contributed by atoms with E-state index in [1.54, 1.807) is 12.1 Å². The standard InChI is InChI=1S/C10H11N3O3/c14-9(5-6-10(15)16)13-8-4-2-1-3-7(8)11-12-13/h1-4,9,14H,5-6H2,(H,15,16). The summed E-state index contributed by atoms with van der Waals surface area (Å²) in [7, 11) is 0. The molecule has 1 heterocycles. The van der Waals surface area contributed by atoms with Gasteiger partial charge in [0, 0.05) is 12.8 Å². The molecule has 1 atom stereocenters. The van der Waals surface area contributed by atoms with E-state index in [0.717, 1.165) is 0 Å². The van der Waals surface area contributed by atoms with E-state index in [-0.39, 0.29) is 12.8 Å². The number of hydrogen-bond donors (Lipinski definition) is 2. The maximum Gasteiger partial charge on any atom is 0.303 e. The fourth-order valence-corrected chi connectivity index (χ4v) is 1.48. The molecule has 0 radical (unpaired) electrons. The number of carbonyl (C=O) groups is 1. The normalized spacial score (nSPS) is 12.8. The second-order valence-corrected chi connectivity index (χ2v) is 3.44. The van der Waals surface area contributed by atoms with Crippen LogP contribution in [0.4, 0.5) is 0 Å². The Kier molecular flexibility index (Phi) is 2.82. The van der Waals surface area contributed by atoms with Crippen LogP contribution in [-0.4, -0.2) is 31.2 Å². The van der Waals surface area contributed by atoms with Crippen molar-refractivity contribution in [2.24, 2.45) is 0 Å². The fraction of sp³-hybridized carbons (Fsp3) is 0.300. The third-order valence-corrected chi connectivity index (χ3v) is 2.28. The van der Waals surface area contributed by atoms with Crippen molar-refractivity contribution in [3.05, 3.63) is 24.3 Å². The minimum Gasteiger partial charge on any atom is -0.481 e. The lowest BCUT2D eigenvalue weighted by molar-refractivity contribution is -0.138. The Balaban J connectivity index is 2.22. The van der Waals surface area contributed by atoms with Gasteiger partial charge in [0.1, 0.15) is 11.7 Å². The molecule has 1 unspecified atom stereocenters. The number of benzene rings is 1. The SMILES string of the molecule is O=C(O)CCC(O)n1nnc2ccccc21. The van der Waals surface area contributed by atoms with Gasteiger partial charge in [-0.15, -0.1) is 5.10 Å². The topological polar surface area (TPSA) is 88.2 Å². The van der Waals surface area contributed by atoms with E-state index in [9.17, 15) is 9.90 Å². The van der Waals surface area contributed by atoms with Gasteiger partial charge >= 0.3 is 5.97 Å². The quantitative estimate of drug-likeness (QED) is 0.796. The van der Waals surface area contributed by atoms with Crippen molar-refractivity contribution >= 4 is 17.0 Å². The van der Waals surface area contributed by atoms with Gasteiger partial charge in [0.2, 0.25) is 0 Å². The molecule has 6 heteroatoms. The zero-order valence-electron chi connectivity index (χ0n) is 8.45. The van der Waals surface area contributed by atoms with Crippen LogP contribution in [0.5, 0.6) is 0 Å². The van der Waals surface area contributed by atoms with E-state index in [0.29, 0.717) is 11.0 Å². The third kappa shape index (κ3) is 2.01. The number of aliphatic hydroxyl groups excluding tert-OH is 1. The lowest BCUT2D eigenvalue weighted by Gasteiger charge is -2.09. The average Bonchev–Trinajstić information content (AvgIpc) is 2.69. The number of carboxylic acid groups (broad SMARTS) is 1. The summed E-state index contributed by atoms with van der Waals surface area (Å²) < 4.78 is 1.33. The van der Waals surface area contributed by atoms with Crippen molar-refractivity contribution in [2.75, 3.05) is 0 Å². The highest BCUT2D eigenvalue weighted by molar-refractivity contribution is 5.74. The van der Waals surface area contributed by atoms with E-state index in [2.05, 4.69) is 10.3 Å². The molecule has 0 saturated heterocycles. The van der Waals surface area contributed by atoms with E-state index < -0.39 is 12.2 Å². The molecular weight excluding hydrogens is 210 g/mol. The van der Waals surface area contributed by atoms with Crippen molar-refractivity contribution in [2.45, 2.75) is 19.1 Å². The molecule has 0 spiro atoms. The molecule has 84 valence electrons. The molecular formula is C10H11N3O3. The van der Waals surface area contributed by atoms with Crippen molar-refractivity contribution in [1.82, 2.24) is 15.0 Å². The molecule has 0 aliphatic carbocycles. The van der Waals surface area contributed by atoms with Crippen LogP contribution in [0.3, 0.4) is 0 Å². The first-order chi connectivity index (χ1) is 7.68. The van der Waals surface area contributed by atoms with Gasteiger partial charge in [-0.3, -0.25) is 4.79 Å². The van der Waals surface area contributed by atoms with Crippen LogP contribution in [0, 0.1) is 0 Å². The number of para-hydroxylation sites is 1. The summed E-state index contributed by atoms with van der Waals surface area (Å²) in [6.45, 7) is 0. The third-order valence-electron chi connectivity index (χ3n) is 2.28. The first-order valence-corrected chi connectivity index (χ1v) is 4.88. The van der Waals surface area contributed by atoms with Crippen LogP contribution in [0.1, 0.15) is 19.1 Å². The highest BCUT2D eigenvalue weighted by atomic mass is 16.4. The van der Waals surface area contributed by atoms with Crippen molar-refractivity contribution in [3.63, 3.8) is 0 Å². The summed E-state index contributed by atoms with van der Waals surface area (Å²) in [5.74, 6) is -0.941. The Morgan fingerprint density at radius 1 is 1.44 bits per heavy atom. The summed E-state index contributed by atoms with van der Waals surface area (Å²) in [4.78, 5) is 10.4. The number of aliphatic hydroxyl groups is 1. The van der Waals surface area contributed by atoms with Crippen LogP contribution in [0.15, 0.2) is 24.3 Å². The summed E-state index contributed by atoms with van der Waals surface area (Å²) in [5, 5.41) is 25.9. The van der Waals surface area contributed by atoms with Gasteiger partial charge < -0.3 is 10.2 Å². The Labute approximate surface area is 91.1 Å². The van der Waals surface area contributed by atoms with Gasteiger partial charge in [-0.25, -0.2) is 4.68 Å². The minimum atomic E-state index is -0.955. The number of nitrogens with zero attached hydrogens (tertiary/aromatic N) is 3. The zero-order chi connectivity index (χ0) is 11.5. The van der Waals surface area contributed by atoms with Crippen molar-refractivity contribution in [3.8, 4) is 0 Å². The van der Waals surface area contributed by atoms with E-state index >= 15 is 0 Å². The van der Waals surface area contributed by atoms with E-state index in [4.69, 9.17) is 5.11 Å². The summed E-state index contributed by atoms with van der Waals surface area (Å²) >= 11 is 0. The average molecular weight is 221 g/mol. The van der Waals surface area contributed by atoms with Gasteiger partial charge in [-0.2, -0.15) is 0 Å². The largest absolute Gasteiger partial charge is 0.481 e. The number of hydrogen-bond acceptors (Lipinski definition) is 4. The van der Waals surface area contributed by atoms with Gasteiger partial charge in [-0.1, -0.05) is 17.3 Å². The molecule has 0 aliphatic rings. The first kappa shape index (κ1) is 10.6. The maximum atomic E-state index is 10.4. The number of aliphatic carboxylic acids is 1. The highest BCUT2D eigenvalue weighted by Gasteiger charge is 2.13. The first-order valence-electron chi connectivity index (χ1n) is 4.88. The lowest BCUT2D eigenvalue weighted by Crippen LogP contribution is -2.11. The summed E-state index contributed by atoms with van der Waals surface area (Å²) in [6.07, 6.45) is -0.943. The second-order valence-electron chi connectivity index (χ2n) is 3.44. The van der Waals surface area contributed by atoms with Crippen LogP contribution in [0.25, 0.3) is 11.0 Å². The molecule has 2 rings (SSSR count). The Bertz CT molecular complexity index is 509. The molecule has 0 saturated carbocycles. The zero-order valence-corrected chi connectivity index (χ0v) is 8.45. The minimum absolute atomic E-state index is 0.102. The van der Waals surface area contributed by atoms with Gasteiger partial charge in [0.15, 0.2) is 0 Å². The highest BCUT2D eigenvalue weighted by Crippen LogP contribution is 2.16. The molecule has 2 N–H and O–H groups in total. The van der Waals surface area contributed by atoms with Crippen molar-refractivity contribution in [1.29, 1.82) is 0 Å². The molecule has 0 aliphatic heterocycles. The second kappa shape index (κ2) is 4.28. The van der Waals surface area contributed by atoms with Crippen LogP contribution in [0.2, 0.25) is 0 Å². The summed E-state index contributed by atoms with van der Waals surface area (Å²) in [5.41, 5.74) is 1.37. The van der Waals surface area contributed by atoms with Crippen LogP contribution >= 0.6 is 0 Å². The monoisotopic (exact) mass is 221 g/mol. The van der Waals surface area contributed by atoms with E-state index in [1.807, 2.05) is 12.1 Å². The number of carboxylic acids is 1. The smallest absolute Gasteiger partial charge is 0.303 e.